The molecule has 2 nitrogen and oxygen atoms in total. The highest BCUT2D eigenvalue weighted by atomic mass is 127. The molecule has 0 aliphatic rings. The smallest absolute Gasteiger partial charge is 0.227 e. The van der Waals surface area contributed by atoms with E-state index in [-0.39, 0.29) is 22.9 Å². The number of rotatable bonds is 1. The molecule has 6 heavy (non-hydrogen) atoms. The third-order valence-electron chi connectivity index (χ3n) is 0.132. The van der Waals surface area contributed by atoms with Crippen LogP contribution in [0.3, 0.4) is 0 Å². The van der Waals surface area contributed by atoms with Crippen LogP contribution < -0.4 is 5.73 Å². The van der Waals surface area contributed by atoms with Crippen molar-refractivity contribution in [2.45, 2.75) is 0 Å². The number of hydrogen-bond donors (Lipinski definition) is 1. The predicted molar refractivity (Wildman–Crippen MR) is 38.4 cm³/mol. The van der Waals surface area contributed by atoms with Gasteiger partial charge in [-0.1, -0.05) is 22.6 Å². The van der Waals surface area contributed by atoms with E-state index in [0.29, 0.717) is 4.43 Å². The molecule has 0 radical (unpaired) electrons. The van der Waals surface area contributed by atoms with Crippen molar-refractivity contribution in [1.29, 1.82) is 0 Å². The number of primary amides is 1. The number of halogens is 2. The van der Waals surface area contributed by atoms with Gasteiger partial charge < -0.3 is 5.73 Å². The molecule has 0 unspecified atom stereocenters. The van der Waals surface area contributed by atoms with Crippen LogP contribution in [-0.4, -0.2) is 10.3 Å². The predicted octanol–water partition coefficient (Wildman–Crippen LogP) is 0.485. The second kappa shape index (κ2) is 5.68. The van der Waals surface area contributed by atoms with Gasteiger partial charge in [0.15, 0.2) is 0 Å². The van der Waals surface area contributed by atoms with Gasteiger partial charge in [0.1, 0.15) is 0 Å². The minimum atomic E-state index is -0.259. The zero-order valence-electron chi connectivity index (χ0n) is 2.98. The Labute approximate surface area is 60.4 Å². The average Bonchev–Trinajstić information content (AvgIpc) is 1.38. The van der Waals surface area contributed by atoms with Crippen molar-refractivity contribution in [2.24, 2.45) is 5.73 Å². The fraction of sp³-hybridized carbons (Fsp3) is 0.500. The highest BCUT2D eigenvalue weighted by Crippen LogP contribution is 1.72. The molecule has 0 bridgehead atoms. The van der Waals surface area contributed by atoms with Crippen molar-refractivity contribution in [3.05, 3.63) is 0 Å². The topological polar surface area (TPSA) is 43.1 Å². The molecule has 0 aliphatic heterocycles. The summed E-state index contributed by atoms with van der Waals surface area (Å²) in [5.41, 5.74) is 4.65. The van der Waals surface area contributed by atoms with Gasteiger partial charge in [-0.25, -0.2) is 0 Å². The van der Waals surface area contributed by atoms with Crippen molar-refractivity contribution >= 4 is 45.5 Å². The Morgan fingerprint density at radius 3 is 2.00 bits per heavy atom. The lowest BCUT2D eigenvalue weighted by Crippen LogP contribution is -2.10. The quantitative estimate of drug-likeness (QED) is 0.544. The summed E-state index contributed by atoms with van der Waals surface area (Å²) in [6, 6.07) is 0. The Morgan fingerprint density at radius 1 is 1.83 bits per heavy atom. The second-order valence-electron chi connectivity index (χ2n) is 0.600. The van der Waals surface area contributed by atoms with Crippen molar-refractivity contribution in [3.63, 3.8) is 0 Å². The molecule has 0 aliphatic carbocycles. The molecule has 38 valence electrons. The minimum absolute atomic E-state index is 0. The number of hydrogen-bond acceptors (Lipinski definition) is 1. The van der Waals surface area contributed by atoms with Gasteiger partial charge in [0.2, 0.25) is 5.91 Å². The molecule has 2 N–H and O–H groups in total. The SMILES string of the molecule is Br.NC(=O)CI. The summed E-state index contributed by atoms with van der Waals surface area (Å²) < 4.78 is 0.414. The maximum atomic E-state index is 9.58. The fourth-order valence-electron chi connectivity index (χ4n) is 0. The maximum Gasteiger partial charge on any atom is 0.227 e. The molecule has 1 amide bonds. The first-order chi connectivity index (χ1) is 2.27. The maximum absolute atomic E-state index is 9.58. The van der Waals surface area contributed by atoms with Crippen molar-refractivity contribution in [1.82, 2.24) is 0 Å². The molecule has 0 fully saturated rings. The van der Waals surface area contributed by atoms with E-state index in [4.69, 9.17) is 0 Å². The van der Waals surface area contributed by atoms with E-state index in [1.807, 2.05) is 22.6 Å². The molecule has 4 heteroatoms. The summed E-state index contributed by atoms with van der Waals surface area (Å²) in [5, 5.41) is 0. The Morgan fingerprint density at radius 2 is 2.00 bits per heavy atom. The Bertz CT molecular complexity index is 48.8. The zero-order chi connectivity index (χ0) is 4.28. The average molecular weight is 266 g/mol. The van der Waals surface area contributed by atoms with Crippen LogP contribution in [0, 0.1) is 0 Å². The van der Waals surface area contributed by atoms with Crippen LogP contribution in [0.2, 0.25) is 0 Å². The van der Waals surface area contributed by atoms with Crippen LogP contribution in [0.1, 0.15) is 0 Å². The summed E-state index contributed by atoms with van der Waals surface area (Å²) in [6.07, 6.45) is 0. The van der Waals surface area contributed by atoms with Gasteiger partial charge in [0, 0.05) is 0 Å². The van der Waals surface area contributed by atoms with Crippen LogP contribution in [0.5, 0.6) is 0 Å². The number of amides is 1. The zero-order valence-corrected chi connectivity index (χ0v) is 6.85. The number of alkyl halides is 1. The molecular weight excluding hydrogens is 261 g/mol. The van der Waals surface area contributed by atoms with E-state index in [0.717, 1.165) is 0 Å². The summed E-state index contributed by atoms with van der Waals surface area (Å²) >= 11 is 1.90. The Kier molecular flexibility index (Phi) is 9.31. The molecule has 0 aromatic rings. The number of nitrogens with two attached hydrogens (primary N) is 1. The molecule has 0 heterocycles. The van der Waals surface area contributed by atoms with Crippen molar-refractivity contribution in [2.75, 3.05) is 4.43 Å². The van der Waals surface area contributed by atoms with E-state index in [1.54, 1.807) is 0 Å². The van der Waals surface area contributed by atoms with Gasteiger partial charge in [-0.2, -0.15) is 0 Å². The minimum Gasteiger partial charge on any atom is -0.369 e. The highest BCUT2D eigenvalue weighted by Gasteiger charge is 1.79. The lowest BCUT2D eigenvalue weighted by atomic mass is 10.8. The third-order valence-corrected chi connectivity index (χ3v) is 0.884. The van der Waals surface area contributed by atoms with E-state index < -0.39 is 0 Å². The van der Waals surface area contributed by atoms with Crippen LogP contribution in [0.4, 0.5) is 0 Å². The number of carbonyl (C=O) groups is 1. The number of carbonyl (C=O) groups excluding carboxylic acids is 1. The van der Waals surface area contributed by atoms with E-state index in [9.17, 15) is 4.79 Å². The summed E-state index contributed by atoms with van der Waals surface area (Å²) in [6.45, 7) is 0. The van der Waals surface area contributed by atoms with E-state index in [1.165, 1.54) is 0 Å². The first-order valence-corrected chi connectivity index (χ1v) is 2.64. The van der Waals surface area contributed by atoms with Crippen LogP contribution in [-0.2, 0) is 4.79 Å². The monoisotopic (exact) mass is 265 g/mol. The second-order valence-corrected chi connectivity index (χ2v) is 1.36. The fourth-order valence-corrected chi connectivity index (χ4v) is 0. The Hall–Kier alpha value is 0.680. The molecule has 0 aromatic carbocycles. The molecule has 0 saturated heterocycles. The van der Waals surface area contributed by atoms with Gasteiger partial charge in [0.05, 0.1) is 4.43 Å². The molecule has 0 atom stereocenters. The first-order valence-electron chi connectivity index (χ1n) is 1.11. The molecule has 0 saturated carbocycles. The van der Waals surface area contributed by atoms with Gasteiger partial charge in [-0.15, -0.1) is 17.0 Å². The lowest BCUT2D eigenvalue weighted by Gasteiger charge is -1.71. The molecule has 0 spiro atoms. The van der Waals surface area contributed by atoms with Crippen molar-refractivity contribution < 1.29 is 4.79 Å². The summed E-state index contributed by atoms with van der Waals surface area (Å²) in [4.78, 5) is 9.58. The van der Waals surface area contributed by atoms with Crippen LogP contribution >= 0.6 is 39.6 Å². The van der Waals surface area contributed by atoms with E-state index in [2.05, 4.69) is 5.73 Å². The summed E-state index contributed by atoms with van der Waals surface area (Å²) in [5.74, 6) is -0.259. The van der Waals surface area contributed by atoms with Crippen LogP contribution in [0.25, 0.3) is 0 Å². The first kappa shape index (κ1) is 9.84. The molecule has 0 rings (SSSR count). The summed E-state index contributed by atoms with van der Waals surface area (Å²) in [7, 11) is 0. The molecule has 0 aromatic heterocycles. The third kappa shape index (κ3) is 8.82. The normalized spacial score (nSPS) is 6.17. The van der Waals surface area contributed by atoms with Gasteiger partial charge in [0.25, 0.3) is 0 Å². The highest BCUT2D eigenvalue weighted by molar-refractivity contribution is 14.1. The standard InChI is InChI=1S/C2H4INO.BrH/c3-1-2(4)5;/h1H2,(H2,4,5);1H. The van der Waals surface area contributed by atoms with E-state index >= 15 is 0 Å². The lowest BCUT2D eigenvalue weighted by molar-refractivity contribution is -0.115. The van der Waals surface area contributed by atoms with Gasteiger partial charge in [-0.3, -0.25) is 4.79 Å². The van der Waals surface area contributed by atoms with Gasteiger partial charge in [-0.05, 0) is 0 Å². The van der Waals surface area contributed by atoms with Gasteiger partial charge >= 0.3 is 0 Å². The largest absolute Gasteiger partial charge is 0.369 e. The molecular formula is C2H5BrINO. The van der Waals surface area contributed by atoms with Crippen LogP contribution in [0.15, 0.2) is 0 Å². The van der Waals surface area contributed by atoms with Crippen molar-refractivity contribution in [3.8, 4) is 0 Å². The Balaban J connectivity index is 0.